The number of rotatable bonds is 9. The van der Waals surface area contributed by atoms with E-state index in [1.807, 2.05) is 13.8 Å². The number of hydrogen-bond donors (Lipinski definition) is 1. The molecule has 1 aromatic heterocycles. The van der Waals surface area contributed by atoms with Crippen molar-refractivity contribution in [3.63, 3.8) is 0 Å². The van der Waals surface area contributed by atoms with E-state index in [1.54, 1.807) is 23.6 Å². The molecule has 0 fully saturated rings. The van der Waals surface area contributed by atoms with Crippen molar-refractivity contribution in [1.29, 1.82) is 0 Å². The highest BCUT2D eigenvalue weighted by Crippen LogP contribution is 2.40. The fraction of sp³-hybridized carbons (Fsp3) is 0.333. The number of nitro groups is 1. The van der Waals surface area contributed by atoms with Crippen LogP contribution in [0.4, 0.5) is 5.69 Å². The third-order valence-electron chi connectivity index (χ3n) is 4.68. The van der Waals surface area contributed by atoms with Crippen molar-refractivity contribution < 1.29 is 24.4 Å². The van der Waals surface area contributed by atoms with E-state index in [1.165, 1.54) is 34.4 Å². The van der Waals surface area contributed by atoms with Gasteiger partial charge in [-0.2, -0.15) is 0 Å². The molecule has 2 heterocycles. The zero-order valence-electron chi connectivity index (χ0n) is 16.6. The van der Waals surface area contributed by atoms with Crippen LogP contribution >= 0.6 is 11.3 Å². The first-order valence-corrected chi connectivity index (χ1v) is 10.4. The fourth-order valence-electron chi connectivity index (χ4n) is 3.37. The van der Waals surface area contributed by atoms with Gasteiger partial charge in [0.2, 0.25) is 5.78 Å². The number of aliphatic hydroxyl groups is 1. The van der Waals surface area contributed by atoms with E-state index in [0.29, 0.717) is 23.5 Å². The van der Waals surface area contributed by atoms with Gasteiger partial charge in [0.1, 0.15) is 0 Å². The van der Waals surface area contributed by atoms with Crippen LogP contribution in [0.15, 0.2) is 53.1 Å². The Kier molecular flexibility index (Phi) is 6.63. The summed E-state index contributed by atoms with van der Waals surface area (Å²) in [5.74, 6) is -1.75. The molecule has 1 aliphatic rings. The summed E-state index contributed by atoms with van der Waals surface area (Å²) >= 11 is 1.20. The number of amides is 1. The van der Waals surface area contributed by atoms with E-state index in [9.17, 15) is 24.8 Å². The van der Waals surface area contributed by atoms with Gasteiger partial charge in [-0.05, 0) is 37.3 Å². The van der Waals surface area contributed by atoms with E-state index in [2.05, 4.69) is 0 Å². The fourth-order valence-corrected chi connectivity index (χ4v) is 4.04. The number of benzene rings is 1. The highest BCUT2D eigenvalue weighted by molar-refractivity contribution is 7.12. The van der Waals surface area contributed by atoms with Crippen molar-refractivity contribution in [1.82, 2.24) is 4.90 Å². The number of nitro benzene ring substituents is 1. The first-order valence-electron chi connectivity index (χ1n) is 9.49. The Bertz CT molecular complexity index is 983. The van der Waals surface area contributed by atoms with E-state index in [4.69, 9.17) is 4.74 Å². The molecule has 0 saturated carbocycles. The normalized spacial score (nSPS) is 16.6. The minimum absolute atomic E-state index is 0.0364. The van der Waals surface area contributed by atoms with Gasteiger partial charge in [-0.25, -0.2) is 0 Å². The molecule has 0 saturated heterocycles. The van der Waals surface area contributed by atoms with Crippen LogP contribution in [0.1, 0.15) is 41.5 Å². The zero-order chi connectivity index (χ0) is 21.8. The van der Waals surface area contributed by atoms with Crippen LogP contribution in [0.5, 0.6) is 0 Å². The zero-order valence-corrected chi connectivity index (χ0v) is 17.4. The molecule has 0 unspecified atom stereocenters. The highest BCUT2D eigenvalue weighted by Gasteiger charge is 2.44. The number of Topliss-reactive ketones (excluding diaryl/α,β-unsaturated/α-hetero) is 1. The summed E-state index contributed by atoms with van der Waals surface area (Å²) in [6.45, 7) is 4.43. The molecule has 0 spiro atoms. The highest BCUT2D eigenvalue weighted by atomic mass is 32.1. The number of ether oxygens (including phenoxy) is 1. The van der Waals surface area contributed by atoms with Crippen LogP contribution in [0.3, 0.4) is 0 Å². The summed E-state index contributed by atoms with van der Waals surface area (Å²) in [7, 11) is 0. The number of non-ortho nitro benzene ring substituents is 1. The Balaban J connectivity index is 1.99. The minimum Gasteiger partial charge on any atom is -0.503 e. The average Bonchev–Trinajstić information content (AvgIpc) is 3.33. The Morgan fingerprint density at radius 3 is 2.73 bits per heavy atom. The Morgan fingerprint density at radius 1 is 1.33 bits per heavy atom. The largest absolute Gasteiger partial charge is 0.503 e. The molecule has 1 aliphatic heterocycles. The quantitative estimate of drug-likeness (QED) is 0.278. The summed E-state index contributed by atoms with van der Waals surface area (Å²) in [4.78, 5) is 38.4. The predicted molar refractivity (Wildman–Crippen MR) is 112 cm³/mol. The Morgan fingerprint density at radius 2 is 2.10 bits per heavy atom. The van der Waals surface area contributed by atoms with Crippen LogP contribution in [-0.2, 0) is 9.53 Å². The van der Waals surface area contributed by atoms with Crippen molar-refractivity contribution in [3.8, 4) is 0 Å². The molecular weight excluding hydrogens is 408 g/mol. The number of aliphatic hydroxyl groups excluding tert-OH is 1. The van der Waals surface area contributed by atoms with Gasteiger partial charge in [-0.1, -0.05) is 18.2 Å². The topological polar surface area (TPSA) is 110 Å². The van der Waals surface area contributed by atoms with Crippen molar-refractivity contribution in [3.05, 3.63) is 73.7 Å². The van der Waals surface area contributed by atoms with Gasteiger partial charge < -0.3 is 14.7 Å². The van der Waals surface area contributed by atoms with Crippen molar-refractivity contribution in [2.75, 3.05) is 13.2 Å². The summed E-state index contributed by atoms with van der Waals surface area (Å²) in [6.07, 6.45) is 0.526. The summed E-state index contributed by atoms with van der Waals surface area (Å²) in [6, 6.07) is 8.19. The maximum atomic E-state index is 13.1. The molecule has 2 aromatic rings. The molecule has 158 valence electrons. The monoisotopic (exact) mass is 430 g/mol. The molecule has 0 radical (unpaired) electrons. The molecule has 1 aromatic carbocycles. The average molecular weight is 430 g/mol. The maximum Gasteiger partial charge on any atom is 0.290 e. The predicted octanol–water partition coefficient (Wildman–Crippen LogP) is 4.05. The lowest BCUT2D eigenvalue weighted by Crippen LogP contribution is -2.32. The molecule has 1 amide bonds. The molecule has 1 atom stereocenters. The second-order valence-corrected chi connectivity index (χ2v) is 8.04. The SMILES string of the molecule is CC(C)OCCCN1C(=O)C(O)=C(C(=O)c2cccs2)[C@@H]1c1cccc([N+](=O)[O-])c1. The van der Waals surface area contributed by atoms with Crippen molar-refractivity contribution >= 4 is 28.7 Å². The van der Waals surface area contributed by atoms with Gasteiger partial charge in [0.15, 0.2) is 5.76 Å². The van der Waals surface area contributed by atoms with E-state index in [-0.39, 0.29) is 23.9 Å². The molecule has 3 rings (SSSR count). The van der Waals surface area contributed by atoms with Gasteiger partial charge in [-0.15, -0.1) is 11.3 Å². The number of hydrogen-bond acceptors (Lipinski definition) is 7. The summed E-state index contributed by atoms with van der Waals surface area (Å²) < 4.78 is 5.52. The standard InChI is InChI=1S/C21H22N2O6S/c1-13(2)29-10-5-9-22-18(14-6-3-7-15(12-14)23(27)28)17(20(25)21(22)26)19(24)16-8-4-11-30-16/h3-4,6-8,11-13,18,25H,5,9-10H2,1-2H3/t18-/m0/s1. The number of carbonyl (C=O) groups excluding carboxylic acids is 2. The second kappa shape index (κ2) is 9.19. The van der Waals surface area contributed by atoms with E-state index in [0.717, 1.165) is 0 Å². The van der Waals surface area contributed by atoms with Gasteiger partial charge in [0, 0.05) is 25.3 Å². The van der Waals surface area contributed by atoms with Gasteiger partial charge in [0.25, 0.3) is 11.6 Å². The first kappa shape index (κ1) is 21.7. The number of ketones is 1. The minimum atomic E-state index is -0.911. The molecule has 0 aliphatic carbocycles. The maximum absolute atomic E-state index is 13.1. The molecule has 0 bridgehead atoms. The molecule has 9 heteroatoms. The van der Waals surface area contributed by atoms with E-state index < -0.39 is 28.4 Å². The Hall–Kier alpha value is -3.04. The lowest BCUT2D eigenvalue weighted by atomic mass is 9.95. The van der Waals surface area contributed by atoms with Gasteiger partial charge in [0.05, 0.1) is 27.5 Å². The van der Waals surface area contributed by atoms with Gasteiger partial charge in [-0.3, -0.25) is 19.7 Å². The summed E-state index contributed by atoms with van der Waals surface area (Å²) in [5, 5.41) is 23.5. The van der Waals surface area contributed by atoms with Crippen LogP contribution < -0.4 is 0 Å². The first-order chi connectivity index (χ1) is 14.3. The molecular formula is C21H22N2O6S. The molecule has 30 heavy (non-hydrogen) atoms. The lowest BCUT2D eigenvalue weighted by molar-refractivity contribution is -0.384. The smallest absolute Gasteiger partial charge is 0.290 e. The van der Waals surface area contributed by atoms with Crippen molar-refractivity contribution in [2.45, 2.75) is 32.4 Å². The van der Waals surface area contributed by atoms with Crippen LogP contribution in [-0.4, -0.2) is 45.9 Å². The van der Waals surface area contributed by atoms with Gasteiger partial charge >= 0.3 is 0 Å². The van der Waals surface area contributed by atoms with Crippen LogP contribution in [0, 0.1) is 10.1 Å². The molecule has 1 N–H and O–H groups in total. The second-order valence-electron chi connectivity index (χ2n) is 7.09. The number of thiophene rings is 1. The van der Waals surface area contributed by atoms with Crippen LogP contribution in [0.2, 0.25) is 0 Å². The van der Waals surface area contributed by atoms with Crippen LogP contribution in [0.25, 0.3) is 0 Å². The lowest BCUT2D eigenvalue weighted by Gasteiger charge is -2.26. The third kappa shape index (κ3) is 4.42. The third-order valence-corrected chi connectivity index (χ3v) is 5.55. The van der Waals surface area contributed by atoms with E-state index >= 15 is 0 Å². The van der Waals surface area contributed by atoms with Crippen molar-refractivity contribution in [2.24, 2.45) is 0 Å². The Labute approximate surface area is 177 Å². The number of carbonyl (C=O) groups is 2. The summed E-state index contributed by atoms with van der Waals surface area (Å²) in [5.41, 5.74) is 0.177. The number of nitrogens with zero attached hydrogens (tertiary/aromatic N) is 2. The molecule has 8 nitrogen and oxygen atoms in total.